The Bertz CT molecular complexity index is 1100. The molecule has 6 nitrogen and oxygen atoms in total. The van der Waals surface area contributed by atoms with Gasteiger partial charge in [0.15, 0.2) is 0 Å². The molecule has 3 rings (SSSR count). The number of hydrogen-bond acceptors (Lipinski definition) is 3. The van der Waals surface area contributed by atoms with E-state index in [0.29, 0.717) is 27.0 Å². The molecule has 0 aliphatic carbocycles. The van der Waals surface area contributed by atoms with Crippen molar-refractivity contribution in [3.8, 4) is 0 Å². The third kappa shape index (κ3) is 5.55. The van der Waals surface area contributed by atoms with Gasteiger partial charge in [-0.3, -0.25) is 14.4 Å². The van der Waals surface area contributed by atoms with Crippen molar-refractivity contribution >= 4 is 45.0 Å². The summed E-state index contributed by atoms with van der Waals surface area (Å²) in [5, 5.41) is 8.36. The molecule has 3 amide bonds. The van der Waals surface area contributed by atoms with Crippen LogP contribution in [0.4, 0.5) is 11.4 Å². The van der Waals surface area contributed by atoms with Crippen LogP contribution in [0.3, 0.4) is 0 Å². The van der Waals surface area contributed by atoms with Crippen molar-refractivity contribution in [3.63, 3.8) is 0 Å². The predicted octanol–water partition coefficient (Wildman–Crippen LogP) is 4.59. The Morgan fingerprint density at radius 1 is 0.800 bits per heavy atom. The summed E-state index contributed by atoms with van der Waals surface area (Å²) in [5.41, 5.74) is 2.75. The fourth-order valence-corrected chi connectivity index (χ4v) is 3.33. The highest BCUT2D eigenvalue weighted by atomic mass is 79.9. The van der Waals surface area contributed by atoms with E-state index in [1.165, 1.54) is 6.92 Å². The summed E-state index contributed by atoms with van der Waals surface area (Å²) in [7, 11) is 0. The average Bonchev–Trinajstić information content (AvgIpc) is 2.72. The SMILES string of the molecule is CC(=O)Nc1cccc(CNC(=O)c2ccccc2NC(=O)c2ccccc2Br)c1. The molecule has 3 aromatic rings. The van der Waals surface area contributed by atoms with Crippen molar-refractivity contribution in [1.29, 1.82) is 0 Å². The highest BCUT2D eigenvalue weighted by Gasteiger charge is 2.15. The lowest BCUT2D eigenvalue weighted by molar-refractivity contribution is -0.114. The maximum atomic E-state index is 12.7. The Kier molecular flexibility index (Phi) is 6.98. The zero-order valence-electron chi connectivity index (χ0n) is 16.2. The first kappa shape index (κ1) is 21.3. The number of carbonyl (C=O) groups is 3. The number of nitrogens with one attached hydrogen (secondary N) is 3. The molecule has 30 heavy (non-hydrogen) atoms. The molecule has 0 atom stereocenters. The van der Waals surface area contributed by atoms with E-state index >= 15 is 0 Å². The Morgan fingerprint density at radius 2 is 1.50 bits per heavy atom. The minimum Gasteiger partial charge on any atom is -0.348 e. The van der Waals surface area contributed by atoms with Gasteiger partial charge in [0.1, 0.15) is 0 Å². The molecule has 152 valence electrons. The lowest BCUT2D eigenvalue weighted by atomic mass is 10.1. The predicted molar refractivity (Wildman–Crippen MR) is 120 cm³/mol. The minimum atomic E-state index is -0.317. The number of para-hydroxylation sites is 1. The van der Waals surface area contributed by atoms with Crippen LogP contribution in [0.5, 0.6) is 0 Å². The first-order chi connectivity index (χ1) is 14.4. The molecule has 0 unspecified atom stereocenters. The van der Waals surface area contributed by atoms with Crippen molar-refractivity contribution in [2.75, 3.05) is 10.6 Å². The van der Waals surface area contributed by atoms with Crippen LogP contribution in [-0.4, -0.2) is 17.7 Å². The number of hydrogen-bond donors (Lipinski definition) is 3. The van der Waals surface area contributed by atoms with E-state index in [9.17, 15) is 14.4 Å². The van der Waals surface area contributed by atoms with Gasteiger partial charge in [-0.25, -0.2) is 0 Å². The number of halogens is 1. The van der Waals surface area contributed by atoms with Gasteiger partial charge < -0.3 is 16.0 Å². The maximum absolute atomic E-state index is 12.7. The summed E-state index contributed by atoms with van der Waals surface area (Å²) in [6.07, 6.45) is 0. The Balaban J connectivity index is 1.71. The van der Waals surface area contributed by atoms with Gasteiger partial charge in [0.05, 0.1) is 16.8 Å². The van der Waals surface area contributed by atoms with E-state index in [0.717, 1.165) is 5.56 Å². The Labute approximate surface area is 182 Å². The standard InChI is InChI=1S/C23H20BrN3O3/c1-15(28)26-17-8-6-7-16(13-17)14-25-22(29)19-10-3-5-12-21(19)27-23(30)18-9-2-4-11-20(18)24/h2-13H,14H2,1H3,(H,25,29)(H,26,28)(H,27,30). The fourth-order valence-electron chi connectivity index (χ4n) is 2.86. The molecule has 7 heteroatoms. The minimum absolute atomic E-state index is 0.161. The van der Waals surface area contributed by atoms with Crippen molar-refractivity contribution in [3.05, 3.63) is 94.0 Å². The maximum Gasteiger partial charge on any atom is 0.256 e. The number of amides is 3. The summed E-state index contributed by atoms with van der Waals surface area (Å²) in [5.74, 6) is -0.792. The molecule has 0 aromatic heterocycles. The first-order valence-corrected chi connectivity index (χ1v) is 10.0. The molecule has 0 radical (unpaired) electrons. The zero-order chi connectivity index (χ0) is 21.5. The van der Waals surface area contributed by atoms with E-state index in [1.807, 2.05) is 12.1 Å². The van der Waals surface area contributed by atoms with E-state index in [2.05, 4.69) is 31.9 Å². The van der Waals surface area contributed by atoms with Gasteiger partial charge in [-0.1, -0.05) is 36.4 Å². The lowest BCUT2D eigenvalue weighted by Crippen LogP contribution is -2.25. The number of anilines is 2. The van der Waals surface area contributed by atoms with Crippen molar-refractivity contribution in [2.24, 2.45) is 0 Å². The van der Waals surface area contributed by atoms with Gasteiger partial charge in [0.25, 0.3) is 11.8 Å². The highest BCUT2D eigenvalue weighted by Crippen LogP contribution is 2.20. The normalized spacial score (nSPS) is 10.2. The van der Waals surface area contributed by atoms with E-state index < -0.39 is 0 Å². The van der Waals surface area contributed by atoms with Gasteiger partial charge in [0, 0.05) is 23.6 Å². The van der Waals surface area contributed by atoms with E-state index in [4.69, 9.17) is 0 Å². The van der Waals surface area contributed by atoms with E-state index in [1.54, 1.807) is 60.7 Å². The molecule has 0 aliphatic rings. The zero-order valence-corrected chi connectivity index (χ0v) is 17.8. The third-order valence-electron chi connectivity index (χ3n) is 4.24. The summed E-state index contributed by atoms with van der Waals surface area (Å²) < 4.78 is 0.670. The van der Waals surface area contributed by atoms with Crippen LogP contribution in [-0.2, 0) is 11.3 Å². The second kappa shape index (κ2) is 9.84. The van der Waals surface area contributed by atoms with Gasteiger partial charge in [0.2, 0.25) is 5.91 Å². The largest absolute Gasteiger partial charge is 0.348 e. The molecule has 0 spiro atoms. The molecule has 0 bridgehead atoms. The van der Waals surface area contributed by atoms with Crippen LogP contribution in [0.2, 0.25) is 0 Å². The van der Waals surface area contributed by atoms with Gasteiger partial charge >= 0.3 is 0 Å². The van der Waals surface area contributed by atoms with Crippen LogP contribution in [0.1, 0.15) is 33.2 Å². The molecular formula is C23H20BrN3O3. The summed E-state index contributed by atoms with van der Waals surface area (Å²) in [4.78, 5) is 36.6. The molecule has 0 aliphatic heterocycles. The molecule has 0 fully saturated rings. The third-order valence-corrected chi connectivity index (χ3v) is 4.93. The smallest absolute Gasteiger partial charge is 0.256 e. The van der Waals surface area contributed by atoms with Crippen LogP contribution in [0.15, 0.2) is 77.3 Å². The lowest BCUT2D eigenvalue weighted by Gasteiger charge is -2.12. The highest BCUT2D eigenvalue weighted by molar-refractivity contribution is 9.10. The molecular weight excluding hydrogens is 446 g/mol. The molecule has 0 heterocycles. The number of carbonyl (C=O) groups excluding carboxylic acids is 3. The van der Waals surface area contributed by atoms with Crippen molar-refractivity contribution in [1.82, 2.24) is 5.32 Å². The first-order valence-electron chi connectivity index (χ1n) is 9.23. The fraction of sp³-hybridized carbons (Fsp3) is 0.0870. The summed E-state index contributed by atoms with van der Waals surface area (Å²) in [6, 6.07) is 21.1. The number of benzene rings is 3. The number of rotatable bonds is 6. The van der Waals surface area contributed by atoms with Crippen LogP contribution >= 0.6 is 15.9 Å². The molecule has 3 N–H and O–H groups in total. The quantitative estimate of drug-likeness (QED) is 0.497. The van der Waals surface area contributed by atoms with Crippen molar-refractivity contribution in [2.45, 2.75) is 13.5 Å². The van der Waals surface area contributed by atoms with Gasteiger partial charge in [-0.15, -0.1) is 0 Å². The molecule has 3 aromatic carbocycles. The second-order valence-corrected chi connectivity index (χ2v) is 7.40. The Morgan fingerprint density at radius 3 is 2.23 bits per heavy atom. The summed E-state index contributed by atoms with van der Waals surface area (Å²) in [6.45, 7) is 1.71. The van der Waals surface area contributed by atoms with Crippen molar-refractivity contribution < 1.29 is 14.4 Å². The van der Waals surface area contributed by atoms with Crippen LogP contribution in [0, 0.1) is 0 Å². The molecule has 0 saturated carbocycles. The average molecular weight is 466 g/mol. The van der Waals surface area contributed by atoms with Gasteiger partial charge in [-0.05, 0) is 57.9 Å². The monoisotopic (exact) mass is 465 g/mol. The van der Waals surface area contributed by atoms with Crippen LogP contribution in [0.25, 0.3) is 0 Å². The topological polar surface area (TPSA) is 87.3 Å². The van der Waals surface area contributed by atoms with Crippen LogP contribution < -0.4 is 16.0 Å². The van der Waals surface area contributed by atoms with E-state index in [-0.39, 0.29) is 24.3 Å². The summed E-state index contributed by atoms with van der Waals surface area (Å²) >= 11 is 3.36. The second-order valence-electron chi connectivity index (χ2n) is 6.54. The molecule has 0 saturated heterocycles. The van der Waals surface area contributed by atoms with Gasteiger partial charge in [-0.2, -0.15) is 0 Å². The Hall–Kier alpha value is -3.45.